The van der Waals surface area contributed by atoms with Crippen LogP contribution in [0.5, 0.6) is 0 Å². The van der Waals surface area contributed by atoms with Gasteiger partial charge in [0, 0.05) is 58.2 Å². The molecule has 138 valence electrons. The molecule has 1 aromatic rings. The Labute approximate surface area is 150 Å². The van der Waals surface area contributed by atoms with Crippen LogP contribution in [0, 0.1) is 0 Å². The van der Waals surface area contributed by atoms with Crippen molar-refractivity contribution in [3.05, 3.63) is 11.6 Å². The maximum Gasteiger partial charge on any atom is 0.191 e. The quantitative estimate of drug-likeness (QED) is 0.614. The van der Waals surface area contributed by atoms with E-state index in [1.165, 1.54) is 50.9 Å². The molecule has 1 aliphatic carbocycles. The van der Waals surface area contributed by atoms with Crippen LogP contribution in [0.1, 0.15) is 50.2 Å². The lowest BCUT2D eigenvalue weighted by atomic mass is 10.2. The average Bonchev–Trinajstić information content (AvgIpc) is 3.33. The highest BCUT2D eigenvalue weighted by atomic mass is 15.3. The normalized spacial score (nSPS) is 24.8. The molecule has 1 aromatic heterocycles. The van der Waals surface area contributed by atoms with E-state index in [1.54, 1.807) is 0 Å². The van der Waals surface area contributed by atoms with Crippen molar-refractivity contribution in [1.29, 1.82) is 0 Å². The molecule has 0 radical (unpaired) electrons. The number of rotatable bonds is 5. The van der Waals surface area contributed by atoms with E-state index in [9.17, 15) is 0 Å². The highest BCUT2D eigenvalue weighted by Crippen LogP contribution is 2.29. The smallest absolute Gasteiger partial charge is 0.191 e. The molecular weight excluding hydrogens is 314 g/mol. The van der Waals surface area contributed by atoms with Crippen LogP contribution in [0.2, 0.25) is 0 Å². The summed E-state index contributed by atoms with van der Waals surface area (Å²) in [6, 6.07) is 1.39. The third kappa shape index (κ3) is 4.14. The van der Waals surface area contributed by atoms with E-state index in [0.717, 1.165) is 50.3 Å². The van der Waals surface area contributed by atoms with Gasteiger partial charge in [-0.3, -0.25) is 9.89 Å². The van der Waals surface area contributed by atoms with Gasteiger partial charge in [0.25, 0.3) is 0 Å². The zero-order valence-electron chi connectivity index (χ0n) is 15.4. The topological polar surface area (TPSA) is 70.4 Å². The van der Waals surface area contributed by atoms with E-state index in [-0.39, 0.29) is 0 Å². The second-order valence-corrected chi connectivity index (χ2v) is 7.60. The van der Waals surface area contributed by atoms with E-state index in [1.807, 2.05) is 7.05 Å². The lowest BCUT2D eigenvalue weighted by Crippen LogP contribution is -2.45. The van der Waals surface area contributed by atoms with Gasteiger partial charge in [0.1, 0.15) is 11.6 Å². The monoisotopic (exact) mass is 345 g/mol. The Kier molecular flexibility index (Phi) is 5.20. The highest BCUT2D eigenvalue weighted by molar-refractivity contribution is 5.80. The van der Waals surface area contributed by atoms with Crippen LogP contribution in [-0.4, -0.2) is 64.4 Å². The lowest BCUT2D eigenvalue weighted by molar-refractivity contribution is 0.321. The summed E-state index contributed by atoms with van der Waals surface area (Å²) in [5.74, 6) is 3.19. The van der Waals surface area contributed by atoms with Crippen LogP contribution in [0.25, 0.3) is 0 Å². The number of aliphatic imine (C=N–C) groups is 1. The third-order valence-electron chi connectivity index (χ3n) is 5.67. The maximum atomic E-state index is 4.41. The number of fused-ring (bicyclic) bond motifs is 1. The number of nitrogens with one attached hydrogen (secondary N) is 2. The fourth-order valence-electron chi connectivity index (χ4n) is 4.09. The largest absolute Gasteiger partial charge is 0.356 e. The maximum absolute atomic E-state index is 4.41. The molecule has 3 heterocycles. The summed E-state index contributed by atoms with van der Waals surface area (Å²) in [5, 5.41) is 15.8. The minimum absolute atomic E-state index is 0.524. The summed E-state index contributed by atoms with van der Waals surface area (Å²) in [6.45, 7) is 4.30. The number of hydrogen-bond donors (Lipinski definition) is 2. The number of nitrogens with zero attached hydrogens (tertiary/aromatic N) is 5. The third-order valence-corrected chi connectivity index (χ3v) is 5.67. The number of hydrogen-bond acceptors (Lipinski definition) is 4. The predicted molar refractivity (Wildman–Crippen MR) is 98.8 cm³/mol. The van der Waals surface area contributed by atoms with Crippen molar-refractivity contribution in [3.8, 4) is 0 Å². The Morgan fingerprint density at radius 1 is 1.16 bits per heavy atom. The molecule has 1 atom stereocenters. The molecule has 0 spiro atoms. The molecule has 1 unspecified atom stereocenters. The number of aryl methyl sites for hydroxylation is 1. The fourth-order valence-corrected chi connectivity index (χ4v) is 4.09. The standard InChI is InChI=1S/C18H31N7/c1-19-18(21-14-9-12-24(13-14)15-6-7-15)20-10-8-17-23-22-16-5-3-2-4-11-25(16)17/h14-15H,2-13H2,1H3,(H2,19,20,21). The number of guanidine groups is 1. The van der Waals surface area contributed by atoms with Crippen LogP contribution in [0.15, 0.2) is 4.99 Å². The Morgan fingerprint density at radius 2 is 2.08 bits per heavy atom. The molecule has 3 aliphatic rings. The molecule has 1 saturated carbocycles. The summed E-state index contributed by atoms with van der Waals surface area (Å²) in [7, 11) is 1.85. The van der Waals surface area contributed by atoms with E-state index in [2.05, 4.69) is 35.3 Å². The zero-order valence-corrected chi connectivity index (χ0v) is 15.4. The van der Waals surface area contributed by atoms with Gasteiger partial charge in [0.05, 0.1) is 0 Å². The molecule has 4 rings (SSSR count). The molecule has 2 aliphatic heterocycles. The Hall–Kier alpha value is -1.63. The molecule has 1 saturated heterocycles. The molecule has 25 heavy (non-hydrogen) atoms. The predicted octanol–water partition coefficient (Wildman–Crippen LogP) is 0.949. The van der Waals surface area contributed by atoms with Crippen LogP contribution < -0.4 is 10.6 Å². The van der Waals surface area contributed by atoms with E-state index < -0.39 is 0 Å². The minimum Gasteiger partial charge on any atom is -0.356 e. The molecule has 0 amide bonds. The van der Waals surface area contributed by atoms with Gasteiger partial charge in [0.15, 0.2) is 5.96 Å². The van der Waals surface area contributed by atoms with Crippen LogP contribution in [-0.2, 0) is 19.4 Å². The van der Waals surface area contributed by atoms with Crippen molar-refractivity contribution in [2.24, 2.45) is 4.99 Å². The summed E-state index contributed by atoms with van der Waals surface area (Å²) >= 11 is 0. The lowest BCUT2D eigenvalue weighted by Gasteiger charge is -2.18. The van der Waals surface area contributed by atoms with Gasteiger partial charge in [-0.15, -0.1) is 10.2 Å². The summed E-state index contributed by atoms with van der Waals surface area (Å²) in [4.78, 5) is 7.01. The zero-order chi connectivity index (χ0) is 17.1. The van der Waals surface area contributed by atoms with Gasteiger partial charge >= 0.3 is 0 Å². The second-order valence-electron chi connectivity index (χ2n) is 7.60. The summed E-state index contributed by atoms with van der Waals surface area (Å²) in [6.07, 6.45) is 9.76. The van der Waals surface area contributed by atoms with Crippen molar-refractivity contribution in [2.45, 2.75) is 70.0 Å². The SMILES string of the molecule is CN=C(NCCc1nnc2n1CCCCC2)NC1CCN(C2CC2)C1. The first-order valence-electron chi connectivity index (χ1n) is 9.95. The van der Waals surface area contributed by atoms with Gasteiger partial charge in [-0.1, -0.05) is 6.42 Å². The van der Waals surface area contributed by atoms with Crippen LogP contribution in [0.4, 0.5) is 0 Å². The molecule has 2 N–H and O–H groups in total. The van der Waals surface area contributed by atoms with Gasteiger partial charge in [0.2, 0.25) is 0 Å². The van der Waals surface area contributed by atoms with Crippen molar-refractivity contribution in [1.82, 2.24) is 30.3 Å². The second kappa shape index (κ2) is 7.72. The summed E-state index contributed by atoms with van der Waals surface area (Å²) in [5.41, 5.74) is 0. The molecule has 2 fully saturated rings. The van der Waals surface area contributed by atoms with Crippen molar-refractivity contribution < 1.29 is 0 Å². The van der Waals surface area contributed by atoms with Crippen molar-refractivity contribution in [2.75, 3.05) is 26.7 Å². The Balaban J connectivity index is 1.24. The van der Waals surface area contributed by atoms with Gasteiger partial charge in [-0.2, -0.15) is 0 Å². The van der Waals surface area contributed by atoms with E-state index >= 15 is 0 Å². The minimum atomic E-state index is 0.524. The Morgan fingerprint density at radius 3 is 2.92 bits per heavy atom. The first kappa shape index (κ1) is 16.8. The van der Waals surface area contributed by atoms with Crippen molar-refractivity contribution in [3.63, 3.8) is 0 Å². The molecule has 0 bridgehead atoms. The average molecular weight is 345 g/mol. The van der Waals surface area contributed by atoms with Crippen LogP contribution >= 0.6 is 0 Å². The van der Waals surface area contributed by atoms with Crippen molar-refractivity contribution >= 4 is 5.96 Å². The number of likely N-dealkylation sites (tertiary alicyclic amines) is 1. The highest BCUT2D eigenvalue weighted by Gasteiger charge is 2.34. The summed E-state index contributed by atoms with van der Waals surface area (Å²) < 4.78 is 2.33. The first-order chi connectivity index (χ1) is 12.3. The fraction of sp³-hybridized carbons (Fsp3) is 0.833. The van der Waals surface area contributed by atoms with Gasteiger partial charge in [-0.25, -0.2) is 0 Å². The van der Waals surface area contributed by atoms with Gasteiger partial charge < -0.3 is 15.2 Å². The molecule has 0 aromatic carbocycles. The van der Waals surface area contributed by atoms with E-state index in [4.69, 9.17) is 0 Å². The molecular formula is C18H31N7. The van der Waals surface area contributed by atoms with Gasteiger partial charge in [-0.05, 0) is 32.1 Å². The van der Waals surface area contributed by atoms with Crippen LogP contribution in [0.3, 0.4) is 0 Å². The Bertz CT molecular complexity index is 605. The molecule has 7 heteroatoms. The number of aromatic nitrogens is 3. The first-order valence-corrected chi connectivity index (χ1v) is 9.95. The molecule has 7 nitrogen and oxygen atoms in total. The van der Waals surface area contributed by atoms with E-state index in [0.29, 0.717) is 6.04 Å².